The zero-order valence-electron chi connectivity index (χ0n) is 12.3. The fraction of sp³-hybridized carbons (Fsp3) is 0.467. The minimum atomic E-state index is -0.904. The summed E-state index contributed by atoms with van der Waals surface area (Å²) in [4.78, 5) is 0. The summed E-state index contributed by atoms with van der Waals surface area (Å²) in [5.41, 5.74) is 1.61. The number of aliphatic hydroxyl groups is 2. The number of hydrogen-bond acceptors (Lipinski definition) is 6. The molecule has 0 saturated carbocycles. The number of aliphatic hydroxyl groups excluding tert-OH is 2. The lowest BCUT2D eigenvalue weighted by atomic mass is 10.0. The molecular weight excluding hydrogens is 286 g/mol. The second-order valence-corrected chi connectivity index (χ2v) is 5.31. The third-order valence-electron chi connectivity index (χ3n) is 3.79. The molecule has 22 heavy (non-hydrogen) atoms. The Labute approximate surface area is 128 Å². The van der Waals surface area contributed by atoms with E-state index >= 15 is 0 Å². The van der Waals surface area contributed by atoms with Gasteiger partial charge in [0.05, 0.1) is 26.0 Å². The zero-order valence-corrected chi connectivity index (χ0v) is 12.3. The van der Waals surface area contributed by atoms with Crippen LogP contribution in [-0.2, 0) is 11.3 Å². The zero-order chi connectivity index (χ0) is 15.5. The molecule has 1 aromatic heterocycles. The number of benzene rings is 1. The summed E-state index contributed by atoms with van der Waals surface area (Å²) in [7, 11) is 1.61. The molecule has 0 bridgehead atoms. The molecule has 1 fully saturated rings. The van der Waals surface area contributed by atoms with E-state index in [1.807, 2.05) is 24.3 Å². The number of methoxy groups -OCH3 is 1. The summed E-state index contributed by atoms with van der Waals surface area (Å²) in [6.07, 6.45) is 0.0950. The molecule has 0 amide bonds. The lowest BCUT2D eigenvalue weighted by Crippen LogP contribution is -2.46. The van der Waals surface area contributed by atoms with Gasteiger partial charge in [0.25, 0.3) is 0 Å². The molecule has 3 rings (SSSR count). The van der Waals surface area contributed by atoms with Crippen molar-refractivity contribution in [3.8, 4) is 17.0 Å². The highest BCUT2D eigenvalue weighted by molar-refractivity contribution is 5.59. The van der Waals surface area contributed by atoms with Gasteiger partial charge in [0.2, 0.25) is 0 Å². The first-order chi connectivity index (χ1) is 10.7. The number of hydrogen-bond donors (Lipinski definition) is 2. The Balaban J connectivity index is 1.73. The summed E-state index contributed by atoms with van der Waals surface area (Å²) < 4.78 is 12.3. The molecule has 1 aliphatic rings. The largest absolute Gasteiger partial charge is 0.497 e. The third-order valence-corrected chi connectivity index (χ3v) is 3.79. The minimum Gasteiger partial charge on any atom is -0.497 e. The molecule has 0 aliphatic carbocycles. The van der Waals surface area contributed by atoms with E-state index in [1.165, 1.54) is 0 Å². The van der Waals surface area contributed by atoms with Gasteiger partial charge in [0.1, 0.15) is 23.7 Å². The van der Waals surface area contributed by atoms with Crippen LogP contribution >= 0.6 is 0 Å². The van der Waals surface area contributed by atoms with Crippen LogP contribution in [-0.4, -0.2) is 57.2 Å². The van der Waals surface area contributed by atoms with Gasteiger partial charge in [0, 0.05) is 12.2 Å². The van der Waals surface area contributed by atoms with Gasteiger partial charge in [-0.3, -0.25) is 0 Å². The summed E-state index contributed by atoms with van der Waals surface area (Å²) in [5.74, 6) is 0.751. The van der Waals surface area contributed by atoms with Gasteiger partial charge in [-0.25, -0.2) is 4.68 Å². The van der Waals surface area contributed by atoms with Crippen LogP contribution in [0.2, 0.25) is 0 Å². The molecule has 3 unspecified atom stereocenters. The Kier molecular flexibility index (Phi) is 4.37. The highest BCUT2D eigenvalue weighted by Crippen LogP contribution is 2.22. The summed E-state index contributed by atoms with van der Waals surface area (Å²) in [5, 5.41) is 27.8. The van der Waals surface area contributed by atoms with Crippen LogP contribution in [0, 0.1) is 0 Å². The predicted octanol–water partition coefficient (Wildman–Crippen LogP) is 0.464. The van der Waals surface area contributed by atoms with Crippen LogP contribution in [0.25, 0.3) is 11.3 Å². The maximum Gasteiger partial charge on any atom is 0.119 e. The molecule has 118 valence electrons. The van der Waals surface area contributed by atoms with E-state index in [2.05, 4.69) is 10.3 Å². The van der Waals surface area contributed by atoms with Crippen molar-refractivity contribution in [1.29, 1.82) is 0 Å². The predicted molar refractivity (Wildman–Crippen MR) is 78.4 cm³/mol. The Hall–Kier alpha value is -1.96. The van der Waals surface area contributed by atoms with Crippen molar-refractivity contribution in [2.45, 2.75) is 31.3 Å². The third kappa shape index (κ3) is 3.11. The van der Waals surface area contributed by atoms with Crippen molar-refractivity contribution in [2.24, 2.45) is 0 Å². The van der Waals surface area contributed by atoms with Crippen LogP contribution in [0.4, 0.5) is 0 Å². The molecule has 0 spiro atoms. The van der Waals surface area contributed by atoms with Gasteiger partial charge in [0.15, 0.2) is 0 Å². The number of aromatic nitrogens is 3. The molecule has 3 atom stereocenters. The molecule has 2 N–H and O–H groups in total. The number of rotatable bonds is 4. The van der Waals surface area contributed by atoms with Crippen LogP contribution in [0.1, 0.15) is 6.42 Å². The fourth-order valence-corrected chi connectivity index (χ4v) is 2.50. The summed E-state index contributed by atoms with van der Waals surface area (Å²) >= 11 is 0. The average Bonchev–Trinajstić information content (AvgIpc) is 3.00. The van der Waals surface area contributed by atoms with E-state index in [0.29, 0.717) is 25.3 Å². The molecule has 0 radical (unpaired) electrons. The number of ether oxygens (including phenoxy) is 2. The first-order valence-electron chi connectivity index (χ1n) is 7.19. The molecule has 1 aliphatic heterocycles. The smallest absolute Gasteiger partial charge is 0.119 e. The van der Waals surface area contributed by atoms with E-state index in [4.69, 9.17) is 9.47 Å². The van der Waals surface area contributed by atoms with Gasteiger partial charge >= 0.3 is 0 Å². The Morgan fingerprint density at radius 1 is 1.41 bits per heavy atom. The molecule has 1 aromatic carbocycles. The Morgan fingerprint density at radius 3 is 3.09 bits per heavy atom. The minimum absolute atomic E-state index is 0.342. The first-order valence-corrected chi connectivity index (χ1v) is 7.19. The monoisotopic (exact) mass is 305 g/mol. The molecule has 2 heterocycles. The Morgan fingerprint density at radius 2 is 2.27 bits per heavy atom. The molecular formula is C15H19N3O4. The van der Waals surface area contributed by atoms with E-state index in [9.17, 15) is 10.2 Å². The van der Waals surface area contributed by atoms with Crippen molar-refractivity contribution in [3.05, 3.63) is 30.5 Å². The summed E-state index contributed by atoms with van der Waals surface area (Å²) in [6.45, 7) is 0.773. The maximum absolute atomic E-state index is 9.94. The van der Waals surface area contributed by atoms with Crippen LogP contribution in [0.5, 0.6) is 5.75 Å². The highest BCUT2D eigenvalue weighted by atomic mass is 16.5. The van der Waals surface area contributed by atoms with Crippen LogP contribution < -0.4 is 4.74 Å². The van der Waals surface area contributed by atoms with E-state index < -0.39 is 18.3 Å². The lowest BCUT2D eigenvalue weighted by Gasteiger charge is -2.31. The van der Waals surface area contributed by atoms with Gasteiger partial charge in [-0.1, -0.05) is 17.3 Å². The number of nitrogens with zero attached hydrogens (tertiary/aromatic N) is 3. The van der Waals surface area contributed by atoms with Crippen molar-refractivity contribution >= 4 is 0 Å². The molecule has 1 saturated heterocycles. The van der Waals surface area contributed by atoms with Gasteiger partial charge in [-0.15, -0.1) is 5.10 Å². The second kappa shape index (κ2) is 6.43. The van der Waals surface area contributed by atoms with Crippen LogP contribution in [0.15, 0.2) is 30.5 Å². The molecule has 7 nitrogen and oxygen atoms in total. The van der Waals surface area contributed by atoms with Gasteiger partial charge in [-0.2, -0.15) is 0 Å². The van der Waals surface area contributed by atoms with Crippen molar-refractivity contribution in [1.82, 2.24) is 15.0 Å². The average molecular weight is 305 g/mol. The van der Waals surface area contributed by atoms with Crippen molar-refractivity contribution in [3.63, 3.8) is 0 Å². The molecule has 7 heteroatoms. The van der Waals surface area contributed by atoms with Crippen LogP contribution in [0.3, 0.4) is 0 Å². The molecule has 2 aromatic rings. The lowest BCUT2D eigenvalue weighted by molar-refractivity contribution is -0.140. The first kappa shape index (κ1) is 15.0. The van der Waals surface area contributed by atoms with Crippen molar-refractivity contribution in [2.75, 3.05) is 13.7 Å². The fourth-order valence-electron chi connectivity index (χ4n) is 2.50. The van der Waals surface area contributed by atoms with E-state index in [1.54, 1.807) is 18.0 Å². The normalized spacial score (nSPS) is 25.1. The van der Waals surface area contributed by atoms with E-state index in [0.717, 1.165) is 11.3 Å². The maximum atomic E-state index is 9.94. The second-order valence-electron chi connectivity index (χ2n) is 5.31. The Bertz CT molecular complexity index is 631. The van der Waals surface area contributed by atoms with Gasteiger partial charge in [-0.05, 0) is 18.6 Å². The SMILES string of the molecule is COc1cccc(-c2cn(CC3OCCC(O)C3O)nn2)c1. The topological polar surface area (TPSA) is 89.6 Å². The quantitative estimate of drug-likeness (QED) is 0.853. The highest BCUT2D eigenvalue weighted by Gasteiger charge is 2.31. The van der Waals surface area contributed by atoms with Gasteiger partial charge < -0.3 is 19.7 Å². The van der Waals surface area contributed by atoms with Crippen molar-refractivity contribution < 1.29 is 19.7 Å². The standard InChI is InChI=1S/C15H19N3O4/c1-21-11-4-2-3-10(7-11)12-8-18(17-16-12)9-14-15(20)13(19)5-6-22-14/h2-4,7-8,13-15,19-20H,5-6,9H2,1H3. The van der Waals surface area contributed by atoms with E-state index in [-0.39, 0.29) is 0 Å². The summed E-state index contributed by atoms with van der Waals surface area (Å²) in [6, 6.07) is 7.55.